The molecule has 1 atom stereocenters. The number of aromatic nitrogens is 2. The highest BCUT2D eigenvalue weighted by Crippen LogP contribution is 2.15. The highest BCUT2D eigenvalue weighted by atomic mass is 16.3. The molecular formula is C13H14N2O. The van der Waals surface area contributed by atoms with Gasteiger partial charge >= 0.3 is 0 Å². The lowest BCUT2D eigenvalue weighted by atomic mass is 10.1. The Morgan fingerprint density at radius 2 is 1.94 bits per heavy atom. The minimum atomic E-state index is -0.553. The zero-order valence-electron chi connectivity index (χ0n) is 9.17. The number of hydrogen-bond acceptors (Lipinski definition) is 3. The molecule has 1 N–H and O–H groups in total. The topological polar surface area (TPSA) is 46.0 Å². The van der Waals surface area contributed by atoms with E-state index >= 15 is 0 Å². The fourth-order valence-electron chi connectivity index (χ4n) is 1.52. The summed E-state index contributed by atoms with van der Waals surface area (Å²) in [5.74, 6) is 0. The summed E-state index contributed by atoms with van der Waals surface area (Å²) < 4.78 is 0. The molecule has 0 radical (unpaired) electrons. The van der Waals surface area contributed by atoms with Crippen LogP contribution in [0.2, 0.25) is 0 Å². The number of aliphatic hydroxyl groups excluding tert-OH is 1. The van der Waals surface area contributed by atoms with Gasteiger partial charge in [0.05, 0.1) is 11.8 Å². The summed E-state index contributed by atoms with van der Waals surface area (Å²) in [4.78, 5) is 8.15. The Kier molecular flexibility index (Phi) is 3.27. The summed E-state index contributed by atoms with van der Waals surface area (Å²) in [6.45, 7) is 1.98. The summed E-state index contributed by atoms with van der Waals surface area (Å²) in [6, 6.07) is 7.62. The maximum atomic E-state index is 9.98. The molecule has 0 amide bonds. The van der Waals surface area contributed by atoms with Crippen LogP contribution in [0.25, 0.3) is 0 Å². The van der Waals surface area contributed by atoms with Crippen molar-refractivity contribution >= 4 is 0 Å². The van der Waals surface area contributed by atoms with Crippen LogP contribution in [0, 0.1) is 6.92 Å². The molecule has 2 aromatic heterocycles. The van der Waals surface area contributed by atoms with Crippen molar-refractivity contribution in [2.24, 2.45) is 0 Å². The lowest BCUT2D eigenvalue weighted by molar-refractivity contribution is 0.173. The van der Waals surface area contributed by atoms with Crippen molar-refractivity contribution in [1.82, 2.24) is 9.97 Å². The van der Waals surface area contributed by atoms with Crippen LogP contribution in [0.5, 0.6) is 0 Å². The van der Waals surface area contributed by atoms with E-state index in [2.05, 4.69) is 9.97 Å². The number of rotatable bonds is 3. The van der Waals surface area contributed by atoms with Gasteiger partial charge in [-0.15, -0.1) is 0 Å². The predicted octanol–water partition coefficient (Wildman–Crippen LogP) is 2.06. The van der Waals surface area contributed by atoms with Crippen LogP contribution < -0.4 is 0 Å². The maximum absolute atomic E-state index is 9.98. The molecular weight excluding hydrogens is 200 g/mol. The fraction of sp³-hybridized carbons (Fsp3) is 0.231. The Morgan fingerprint density at radius 3 is 2.56 bits per heavy atom. The van der Waals surface area contributed by atoms with Gasteiger partial charge in [0.2, 0.25) is 0 Å². The van der Waals surface area contributed by atoms with Gasteiger partial charge in [-0.1, -0.05) is 6.07 Å². The Morgan fingerprint density at radius 1 is 1.19 bits per heavy atom. The molecule has 0 aliphatic carbocycles. The Bertz CT molecular complexity index is 439. The van der Waals surface area contributed by atoms with E-state index in [1.165, 1.54) is 0 Å². The van der Waals surface area contributed by atoms with Crippen LogP contribution in [-0.4, -0.2) is 15.1 Å². The quantitative estimate of drug-likeness (QED) is 0.850. The van der Waals surface area contributed by atoms with Crippen molar-refractivity contribution in [2.75, 3.05) is 0 Å². The van der Waals surface area contributed by atoms with Crippen molar-refractivity contribution in [3.8, 4) is 0 Å². The summed E-state index contributed by atoms with van der Waals surface area (Å²) in [6.07, 6.45) is 5.24. The fourth-order valence-corrected chi connectivity index (χ4v) is 1.52. The molecule has 0 aliphatic heterocycles. The third kappa shape index (κ3) is 2.64. The predicted molar refractivity (Wildman–Crippen MR) is 61.9 cm³/mol. The standard InChI is InChI=1S/C13H14N2O/c1-10-2-3-12(15-9-10)13(16)8-11-4-6-14-7-5-11/h2-7,9,13,16H,8H2,1H3. The van der Waals surface area contributed by atoms with E-state index in [0.717, 1.165) is 11.1 Å². The molecule has 0 aliphatic rings. The summed E-state index contributed by atoms with van der Waals surface area (Å²) in [5, 5.41) is 9.98. The van der Waals surface area contributed by atoms with E-state index in [9.17, 15) is 5.11 Å². The van der Waals surface area contributed by atoms with Crippen LogP contribution >= 0.6 is 0 Å². The number of hydrogen-bond donors (Lipinski definition) is 1. The van der Waals surface area contributed by atoms with Crippen LogP contribution in [0.15, 0.2) is 42.9 Å². The second kappa shape index (κ2) is 4.86. The normalized spacial score (nSPS) is 12.4. The first kappa shape index (κ1) is 10.8. The van der Waals surface area contributed by atoms with E-state index in [4.69, 9.17) is 0 Å². The highest BCUT2D eigenvalue weighted by Gasteiger charge is 2.09. The Labute approximate surface area is 94.8 Å². The molecule has 0 spiro atoms. The molecule has 3 heteroatoms. The molecule has 0 saturated carbocycles. The van der Waals surface area contributed by atoms with Gasteiger partial charge < -0.3 is 5.11 Å². The van der Waals surface area contributed by atoms with Gasteiger partial charge in [0.1, 0.15) is 0 Å². The minimum absolute atomic E-state index is 0.553. The SMILES string of the molecule is Cc1ccc(C(O)Cc2ccncc2)nc1. The number of pyridine rings is 2. The van der Waals surface area contributed by atoms with Gasteiger partial charge in [-0.05, 0) is 36.2 Å². The molecule has 3 nitrogen and oxygen atoms in total. The van der Waals surface area contributed by atoms with Gasteiger partial charge in [-0.2, -0.15) is 0 Å². The van der Waals surface area contributed by atoms with Gasteiger partial charge in [0.25, 0.3) is 0 Å². The van der Waals surface area contributed by atoms with Crippen LogP contribution in [-0.2, 0) is 6.42 Å². The van der Waals surface area contributed by atoms with Gasteiger partial charge in [0, 0.05) is 25.0 Å². The highest BCUT2D eigenvalue weighted by molar-refractivity contribution is 5.17. The van der Waals surface area contributed by atoms with E-state index < -0.39 is 6.10 Å². The van der Waals surface area contributed by atoms with E-state index in [1.807, 2.05) is 31.2 Å². The average Bonchev–Trinajstić information content (AvgIpc) is 2.31. The number of nitrogens with zero attached hydrogens (tertiary/aromatic N) is 2. The largest absolute Gasteiger partial charge is 0.386 e. The first-order valence-corrected chi connectivity index (χ1v) is 5.25. The van der Waals surface area contributed by atoms with Crippen molar-refractivity contribution in [3.05, 3.63) is 59.7 Å². The summed E-state index contributed by atoms with van der Waals surface area (Å²) in [7, 11) is 0. The molecule has 0 aromatic carbocycles. The van der Waals surface area contributed by atoms with E-state index in [0.29, 0.717) is 12.1 Å². The van der Waals surface area contributed by atoms with Crippen molar-refractivity contribution < 1.29 is 5.11 Å². The first-order valence-electron chi connectivity index (χ1n) is 5.25. The first-order chi connectivity index (χ1) is 7.75. The molecule has 82 valence electrons. The average molecular weight is 214 g/mol. The van der Waals surface area contributed by atoms with Crippen molar-refractivity contribution in [1.29, 1.82) is 0 Å². The third-order valence-electron chi connectivity index (χ3n) is 2.45. The second-order valence-corrected chi connectivity index (χ2v) is 3.84. The lowest BCUT2D eigenvalue weighted by Gasteiger charge is -2.09. The lowest BCUT2D eigenvalue weighted by Crippen LogP contribution is -2.04. The van der Waals surface area contributed by atoms with Gasteiger partial charge in [-0.25, -0.2) is 0 Å². The number of aliphatic hydroxyl groups is 1. The molecule has 16 heavy (non-hydrogen) atoms. The Balaban J connectivity index is 2.09. The molecule has 1 unspecified atom stereocenters. The maximum Gasteiger partial charge on any atom is 0.0999 e. The van der Waals surface area contributed by atoms with E-state index in [1.54, 1.807) is 18.6 Å². The molecule has 2 rings (SSSR count). The zero-order valence-corrected chi connectivity index (χ0v) is 9.17. The third-order valence-corrected chi connectivity index (χ3v) is 2.45. The van der Waals surface area contributed by atoms with Crippen molar-refractivity contribution in [3.63, 3.8) is 0 Å². The summed E-state index contributed by atoms with van der Waals surface area (Å²) >= 11 is 0. The molecule has 0 saturated heterocycles. The second-order valence-electron chi connectivity index (χ2n) is 3.84. The smallest absolute Gasteiger partial charge is 0.0999 e. The number of aryl methyl sites for hydroxylation is 1. The van der Waals surface area contributed by atoms with Crippen LogP contribution in [0.1, 0.15) is 22.9 Å². The van der Waals surface area contributed by atoms with Crippen LogP contribution in [0.4, 0.5) is 0 Å². The molecule has 2 aromatic rings. The van der Waals surface area contributed by atoms with Crippen molar-refractivity contribution in [2.45, 2.75) is 19.4 Å². The van der Waals surface area contributed by atoms with Crippen LogP contribution in [0.3, 0.4) is 0 Å². The minimum Gasteiger partial charge on any atom is -0.386 e. The molecule has 0 bridgehead atoms. The van der Waals surface area contributed by atoms with E-state index in [-0.39, 0.29) is 0 Å². The molecule has 2 heterocycles. The van der Waals surface area contributed by atoms with Gasteiger partial charge in [0.15, 0.2) is 0 Å². The molecule has 0 fully saturated rings. The summed E-state index contributed by atoms with van der Waals surface area (Å²) in [5.41, 5.74) is 2.87. The van der Waals surface area contributed by atoms with Gasteiger partial charge in [-0.3, -0.25) is 9.97 Å². The Hall–Kier alpha value is -1.74. The monoisotopic (exact) mass is 214 g/mol. The zero-order chi connectivity index (χ0) is 11.4.